The zero-order valence-electron chi connectivity index (χ0n) is 8.51. The van der Waals surface area contributed by atoms with Crippen molar-refractivity contribution >= 4 is 12.0 Å². The van der Waals surface area contributed by atoms with Crippen LogP contribution in [-0.2, 0) is 4.79 Å². The quantitative estimate of drug-likeness (QED) is 0.750. The van der Waals surface area contributed by atoms with E-state index in [-0.39, 0.29) is 0 Å². The Morgan fingerprint density at radius 1 is 1.60 bits per heavy atom. The maximum Gasteiger partial charge on any atom is 0.328 e. The fourth-order valence-corrected chi connectivity index (χ4v) is 0.952. The van der Waals surface area contributed by atoms with Crippen LogP contribution in [0.2, 0.25) is 0 Å². The second kappa shape index (κ2) is 5.80. The summed E-state index contributed by atoms with van der Waals surface area (Å²) >= 11 is 0. The van der Waals surface area contributed by atoms with Crippen LogP contribution in [0.4, 0.5) is 0 Å². The Morgan fingerprint density at radius 2 is 2.40 bits per heavy atom. The molecule has 1 heterocycles. The third-order valence-electron chi connectivity index (χ3n) is 1.63. The van der Waals surface area contributed by atoms with Crippen molar-refractivity contribution in [2.45, 2.75) is 13.3 Å². The topological polar surface area (TPSA) is 59.4 Å². The van der Waals surface area contributed by atoms with Crippen LogP contribution in [0, 0.1) is 0 Å². The number of aromatic nitrogens is 1. The highest BCUT2D eigenvalue weighted by atomic mass is 16.5. The van der Waals surface area contributed by atoms with Gasteiger partial charge in [0.15, 0.2) is 0 Å². The van der Waals surface area contributed by atoms with Crippen LogP contribution in [0.5, 0.6) is 5.75 Å². The molecular formula is C11H13NO3. The molecule has 0 aliphatic carbocycles. The summed E-state index contributed by atoms with van der Waals surface area (Å²) in [5.41, 5.74) is 0.598. The van der Waals surface area contributed by atoms with E-state index in [0.717, 1.165) is 12.5 Å². The zero-order valence-corrected chi connectivity index (χ0v) is 8.51. The van der Waals surface area contributed by atoms with E-state index in [2.05, 4.69) is 4.98 Å². The molecule has 0 aromatic carbocycles. The molecule has 1 N–H and O–H groups in total. The van der Waals surface area contributed by atoms with Gasteiger partial charge in [0.1, 0.15) is 5.75 Å². The summed E-state index contributed by atoms with van der Waals surface area (Å²) in [6.07, 6.45) is 5.01. The molecule has 0 radical (unpaired) electrons. The van der Waals surface area contributed by atoms with Crippen LogP contribution in [0.25, 0.3) is 6.08 Å². The number of carboxylic acids is 1. The monoisotopic (exact) mass is 207 g/mol. The van der Waals surface area contributed by atoms with Gasteiger partial charge in [-0.1, -0.05) is 6.92 Å². The summed E-state index contributed by atoms with van der Waals surface area (Å²) < 4.78 is 5.33. The van der Waals surface area contributed by atoms with E-state index < -0.39 is 5.97 Å². The molecule has 0 saturated heterocycles. The number of aliphatic carboxylic acids is 1. The van der Waals surface area contributed by atoms with Gasteiger partial charge in [-0.15, -0.1) is 0 Å². The van der Waals surface area contributed by atoms with E-state index in [4.69, 9.17) is 9.84 Å². The molecule has 0 amide bonds. The third-order valence-corrected chi connectivity index (χ3v) is 1.63. The van der Waals surface area contributed by atoms with Crippen LogP contribution in [0.15, 0.2) is 24.4 Å². The lowest BCUT2D eigenvalue weighted by Crippen LogP contribution is -1.95. The van der Waals surface area contributed by atoms with Gasteiger partial charge < -0.3 is 9.84 Å². The Hall–Kier alpha value is -1.84. The molecule has 80 valence electrons. The summed E-state index contributed by atoms with van der Waals surface area (Å²) in [5.74, 6) is -0.285. The summed E-state index contributed by atoms with van der Waals surface area (Å²) in [6.45, 7) is 2.68. The van der Waals surface area contributed by atoms with Gasteiger partial charge in [-0.3, -0.25) is 4.98 Å². The first-order chi connectivity index (χ1) is 7.22. The van der Waals surface area contributed by atoms with Gasteiger partial charge in [0.2, 0.25) is 0 Å². The van der Waals surface area contributed by atoms with Crippen LogP contribution >= 0.6 is 0 Å². The second-order valence-electron chi connectivity index (χ2n) is 2.94. The second-order valence-corrected chi connectivity index (χ2v) is 2.94. The molecule has 0 unspecified atom stereocenters. The molecule has 4 nitrogen and oxygen atoms in total. The van der Waals surface area contributed by atoms with E-state index in [0.29, 0.717) is 18.1 Å². The predicted molar refractivity (Wildman–Crippen MR) is 56.7 cm³/mol. The van der Waals surface area contributed by atoms with Crippen LogP contribution in [0.3, 0.4) is 0 Å². The highest BCUT2D eigenvalue weighted by Crippen LogP contribution is 2.10. The number of carboxylic acid groups (broad SMARTS) is 1. The van der Waals surface area contributed by atoms with Gasteiger partial charge in [0, 0.05) is 6.08 Å². The molecule has 0 atom stereocenters. The fourth-order valence-electron chi connectivity index (χ4n) is 0.952. The van der Waals surface area contributed by atoms with Crippen molar-refractivity contribution in [1.29, 1.82) is 0 Å². The number of ether oxygens (including phenoxy) is 1. The van der Waals surface area contributed by atoms with E-state index in [1.807, 2.05) is 6.92 Å². The lowest BCUT2D eigenvalue weighted by atomic mass is 10.3. The number of nitrogens with zero attached hydrogens (tertiary/aromatic N) is 1. The number of hydrogen-bond acceptors (Lipinski definition) is 3. The average Bonchev–Trinajstić information content (AvgIpc) is 2.25. The van der Waals surface area contributed by atoms with E-state index in [9.17, 15) is 4.79 Å². The van der Waals surface area contributed by atoms with Crippen molar-refractivity contribution in [3.63, 3.8) is 0 Å². The molecule has 1 aromatic heterocycles. The summed E-state index contributed by atoms with van der Waals surface area (Å²) in [6, 6.07) is 3.48. The van der Waals surface area contributed by atoms with Crippen molar-refractivity contribution in [3.05, 3.63) is 30.1 Å². The van der Waals surface area contributed by atoms with Crippen LogP contribution in [0.1, 0.15) is 19.0 Å². The smallest absolute Gasteiger partial charge is 0.328 e. The summed E-state index contributed by atoms with van der Waals surface area (Å²) in [5, 5.41) is 8.41. The molecule has 0 bridgehead atoms. The minimum atomic E-state index is -0.983. The molecule has 15 heavy (non-hydrogen) atoms. The van der Waals surface area contributed by atoms with Gasteiger partial charge in [-0.25, -0.2) is 4.79 Å². The van der Waals surface area contributed by atoms with Gasteiger partial charge in [-0.2, -0.15) is 0 Å². The first-order valence-corrected chi connectivity index (χ1v) is 4.72. The molecule has 0 aliphatic heterocycles. The molecule has 4 heteroatoms. The molecule has 0 fully saturated rings. The van der Waals surface area contributed by atoms with Gasteiger partial charge >= 0.3 is 5.97 Å². The Bertz CT molecular complexity index is 343. The van der Waals surface area contributed by atoms with Gasteiger partial charge in [0.25, 0.3) is 0 Å². The summed E-state index contributed by atoms with van der Waals surface area (Å²) in [7, 11) is 0. The Kier molecular flexibility index (Phi) is 4.34. The molecule has 0 aliphatic rings. The maximum atomic E-state index is 10.2. The fraction of sp³-hybridized carbons (Fsp3) is 0.273. The van der Waals surface area contributed by atoms with Gasteiger partial charge in [-0.05, 0) is 24.6 Å². The first-order valence-electron chi connectivity index (χ1n) is 4.72. The molecule has 0 spiro atoms. The van der Waals surface area contributed by atoms with E-state index in [1.165, 1.54) is 6.08 Å². The normalized spacial score (nSPS) is 10.5. The van der Waals surface area contributed by atoms with Crippen molar-refractivity contribution < 1.29 is 14.6 Å². The maximum absolute atomic E-state index is 10.2. The number of pyridine rings is 1. The average molecular weight is 207 g/mol. The van der Waals surface area contributed by atoms with E-state index in [1.54, 1.807) is 18.3 Å². The predicted octanol–water partition coefficient (Wildman–Crippen LogP) is 1.97. The standard InChI is InChI=1S/C11H13NO3/c1-2-7-15-10-5-3-9(12-8-10)4-6-11(13)14/h3-6,8H,2,7H2,1H3,(H,13,14). The number of carbonyl (C=O) groups is 1. The third kappa shape index (κ3) is 4.26. The van der Waals surface area contributed by atoms with Crippen molar-refractivity contribution in [2.24, 2.45) is 0 Å². The molecule has 1 rings (SSSR count). The van der Waals surface area contributed by atoms with Crippen LogP contribution < -0.4 is 4.74 Å². The lowest BCUT2D eigenvalue weighted by Gasteiger charge is -2.02. The Balaban J connectivity index is 2.60. The molecule has 0 saturated carbocycles. The highest BCUT2D eigenvalue weighted by Gasteiger charge is 1.94. The molecular weight excluding hydrogens is 194 g/mol. The van der Waals surface area contributed by atoms with Gasteiger partial charge in [0.05, 0.1) is 18.5 Å². The molecule has 1 aromatic rings. The Labute approximate surface area is 88.2 Å². The Morgan fingerprint density at radius 3 is 2.93 bits per heavy atom. The van der Waals surface area contributed by atoms with Crippen LogP contribution in [-0.4, -0.2) is 22.7 Å². The lowest BCUT2D eigenvalue weighted by molar-refractivity contribution is -0.131. The largest absolute Gasteiger partial charge is 0.492 e. The van der Waals surface area contributed by atoms with Crippen molar-refractivity contribution in [3.8, 4) is 5.75 Å². The minimum absolute atomic E-state index is 0.598. The zero-order chi connectivity index (χ0) is 11.1. The van der Waals surface area contributed by atoms with Crippen molar-refractivity contribution in [1.82, 2.24) is 4.98 Å². The van der Waals surface area contributed by atoms with E-state index >= 15 is 0 Å². The SMILES string of the molecule is CCCOc1ccc(C=CC(=O)O)nc1. The summed E-state index contributed by atoms with van der Waals surface area (Å²) in [4.78, 5) is 14.3. The first kappa shape index (κ1) is 11.2. The highest BCUT2D eigenvalue weighted by molar-refractivity contribution is 5.84. The number of hydrogen-bond donors (Lipinski definition) is 1. The van der Waals surface area contributed by atoms with Crippen molar-refractivity contribution in [2.75, 3.05) is 6.61 Å². The minimum Gasteiger partial charge on any atom is -0.492 e. The number of rotatable bonds is 5.